The summed E-state index contributed by atoms with van der Waals surface area (Å²) in [5, 5.41) is 29.8. The number of nitrogens with two attached hydrogens (primary N) is 4. The van der Waals surface area contributed by atoms with E-state index in [0.717, 1.165) is 41.2 Å². The number of amides is 2. The predicted octanol–water partition coefficient (Wildman–Crippen LogP) is 2.06. The minimum absolute atomic E-state index is 0.0106. The second kappa shape index (κ2) is 15.2. The molecule has 2 amide bonds. The first-order valence-electron chi connectivity index (χ1n) is 16.0. The molecule has 0 unspecified atom stereocenters. The van der Waals surface area contributed by atoms with Crippen molar-refractivity contribution in [3.8, 4) is 0 Å². The number of aliphatic imine (C=N–C) groups is 2. The van der Waals surface area contributed by atoms with E-state index in [-0.39, 0.29) is 37.9 Å². The number of carbonyl (C=O) groups excluding carboxylic acids is 2. The maximum absolute atomic E-state index is 14.6. The molecule has 2 aromatic heterocycles. The first-order chi connectivity index (χ1) is 23.3. The molecule has 3 atom stereocenters. The quantitative estimate of drug-likeness (QED) is 0.0488. The summed E-state index contributed by atoms with van der Waals surface area (Å²) in [5.74, 6) is -2.86. The van der Waals surface area contributed by atoms with Crippen LogP contribution in [-0.2, 0) is 22.4 Å². The molecule has 14 nitrogen and oxygen atoms in total. The van der Waals surface area contributed by atoms with Crippen LogP contribution in [0.25, 0.3) is 21.8 Å². The highest BCUT2D eigenvalue weighted by atomic mass is 79.9. The fourth-order valence-corrected chi connectivity index (χ4v) is 7.35. The lowest BCUT2D eigenvalue weighted by Gasteiger charge is -2.37. The van der Waals surface area contributed by atoms with Crippen molar-refractivity contribution < 1.29 is 19.8 Å². The maximum Gasteiger partial charge on any atom is 0.273 e. The van der Waals surface area contributed by atoms with Crippen LogP contribution < -0.4 is 28.3 Å². The first kappa shape index (κ1) is 36.2. The van der Waals surface area contributed by atoms with Gasteiger partial charge in [0.2, 0.25) is 5.72 Å². The normalized spacial score (nSPS) is 20.6. The molecule has 1 saturated heterocycles. The van der Waals surface area contributed by atoms with Gasteiger partial charge in [0, 0.05) is 75.7 Å². The number of benzene rings is 2. The van der Waals surface area contributed by atoms with Crippen LogP contribution in [0.4, 0.5) is 0 Å². The zero-order valence-electron chi connectivity index (χ0n) is 26.9. The van der Waals surface area contributed by atoms with E-state index in [9.17, 15) is 19.8 Å². The van der Waals surface area contributed by atoms with Gasteiger partial charge in [0.1, 0.15) is 0 Å². The number of unbranched alkanes of at least 4 members (excludes halogenated alkanes) is 2. The van der Waals surface area contributed by atoms with Gasteiger partial charge in [-0.2, -0.15) is 0 Å². The number of hydrogen-bond acceptors (Lipinski definition) is 6. The van der Waals surface area contributed by atoms with Gasteiger partial charge in [-0.15, -0.1) is 0 Å². The minimum atomic E-state index is -2.41. The number of aromatic nitrogens is 2. The Morgan fingerprint density at radius 1 is 0.857 bits per heavy atom. The van der Waals surface area contributed by atoms with Gasteiger partial charge in [0.05, 0.1) is 5.92 Å². The molecule has 0 spiro atoms. The summed E-state index contributed by atoms with van der Waals surface area (Å²) in [6, 6.07) is 11.4. The summed E-state index contributed by atoms with van der Waals surface area (Å²) < 4.78 is 1.73. The molecule has 0 bridgehead atoms. The largest absolute Gasteiger partial charge is 0.379 e. The van der Waals surface area contributed by atoms with Crippen LogP contribution in [0.15, 0.2) is 67.7 Å². The van der Waals surface area contributed by atoms with Crippen LogP contribution in [0.1, 0.15) is 36.8 Å². The Morgan fingerprint density at radius 3 is 2.00 bits per heavy atom. The molecule has 5 rings (SSSR count). The maximum atomic E-state index is 14.6. The Hall–Kier alpha value is -4.12. The third kappa shape index (κ3) is 7.71. The topological polar surface area (TPSA) is 250 Å². The number of likely N-dealkylation sites (tertiary alicyclic amines) is 1. The molecule has 49 heavy (non-hydrogen) atoms. The number of H-pyrrole nitrogens is 2. The highest BCUT2D eigenvalue weighted by Gasteiger charge is 2.68. The number of fused-ring (bicyclic) bond motifs is 2. The lowest BCUT2D eigenvalue weighted by atomic mass is 9.75. The van der Waals surface area contributed by atoms with E-state index in [0.29, 0.717) is 44.3 Å². The third-order valence-electron chi connectivity index (χ3n) is 9.02. The highest BCUT2D eigenvalue weighted by molar-refractivity contribution is 9.10. The average Bonchev–Trinajstić information content (AvgIpc) is 3.68. The Balaban J connectivity index is 1.54. The summed E-state index contributed by atoms with van der Waals surface area (Å²) >= 11 is 6.98. The van der Waals surface area contributed by atoms with Gasteiger partial charge in [-0.25, -0.2) is 0 Å². The second-order valence-corrected chi connectivity index (χ2v) is 14.2. The van der Waals surface area contributed by atoms with Crippen molar-refractivity contribution in [1.29, 1.82) is 0 Å². The van der Waals surface area contributed by atoms with Crippen molar-refractivity contribution in [3.63, 3.8) is 0 Å². The summed E-state index contributed by atoms with van der Waals surface area (Å²) in [6.45, 7) is 0.850. The van der Waals surface area contributed by atoms with Gasteiger partial charge >= 0.3 is 0 Å². The molecule has 1 fully saturated rings. The Bertz CT molecular complexity index is 1880. The highest BCUT2D eigenvalue weighted by Crippen LogP contribution is 2.46. The summed E-state index contributed by atoms with van der Waals surface area (Å²) in [6.07, 6.45) is 5.33. The lowest BCUT2D eigenvalue weighted by molar-refractivity contribution is -0.172. The molecule has 262 valence electrons. The standard InChI is InChI=1S/C33H42Br2N10O4/c34-21-5-7-23-19(17-43-25(23)14-21)13-27-32(48,16-20-18-44-26-15-22(35)6-8-24(20)26)29(47)45(12-4-3-11-42-31(38)39)33(27,49)28(46)40-9-1-2-10-41-30(36)37/h5-8,14-15,17-18,27,43-44,48-49H,1-4,9-13,16H2,(H,40,46)(H4,36,37,41)(H4,38,39,42)/t27-,32+,33-/m1/s1. The molecule has 16 heteroatoms. The summed E-state index contributed by atoms with van der Waals surface area (Å²) in [4.78, 5) is 44.3. The van der Waals surface area contributed by atoms with Crippen molar-refractivity contribution in [2.45, 2.75) is 49.9 Å². The Morgan fingerprint density at radius 2 is 1.41 bits per heavy atom. The Labute approximate surface area is 300 Å². The van der Waals surface area contributed by atoms with Gasteiger partial charge < -0.3 is 53.3 Å². The van der Waals surface area contributed by atoms with Crippen LogP contribution >= 0.6 is 31.9 Å². The van der Waals surface area contributed by atoms with Crippen molar-refractivity contribution in [2.75, 3.05) is 26.2 Å². The molecule has 2 aromatic carbocycles. The monoisotopic (exact) mass is 800 g/mol. The number of carbonyl (C=O) groups is 2. The molecular formula is C33H42Br2N10O4. The van der Waals surface area contributed by atoms with Gasteiger partial charge in [0.15, 0.2) is 17.5 Å². The fraction of sp³-hybridized carbons (Fsp3) is 0.394. The molecule has 13 N–H and O–H groups in total. The van der Waals surface area contributed by atoms with E-state index >= 15 is 0 Å². The SMILES string of the molecule is NC(N)=NCCCCNC(=O)[C@]1(O)[C@H](Cc2c[nH]c3cc(Br)ccc23)[C@@](O)(Cc2c[nH]c3cc(Br)ccc23)C(=O)N1CCCCN=C(N)N. The summed E-state index contributed by atoms with van der Waals surface area (Å²) in [5.41, 5.74) is 20.3. The molecule has 3 heterocycles. The number of aliphatic hydroxyl groups is 2. The molecule has 1 aliphatic heterocycles. The number of guanidine groups is 2. The van der Waals surface area contributed by atoms with Crippen molar-refractivity contribution in [1.82, 2.24) is 20.2 Å². The second-order valence-electron chi connectivity index (χ2n) is 12.3. The van der Waals surface area contributed by atoms with E-state index in [1.807, 2.05) is 36.4 Å². The lowest BCUT2D eigenvalue weighted by Crippen LogP contribution is -2.61. The van der Waals surface area contributed by atoms with Crippen molar-refractivity contribution in [3.05, 3.63) is 68.9 Å². The number of nitrogens with zero attached hydrogens (tertiary/aromatic N) is 3. The first-order valence-corrected chi connectivity index (χ1v) is 17.6. The third-order valence-corrected chi connectivity index (χ3v) is 10.0. The average molecular weight is 803 g/mol. The van der Waals surface area contributed by atoms with Crippen molar-refractivity contribution in [2.24, 2.45) is 38.8 Å². The summed E-state index contributed by atoms with van der Waals surface area (Å²) in [7, 11) is 0. The number of rotatable bonds is 15. The zero-order valence-corrected chi connectivity index (χ0v) is 30.1. The van der Waals surface area contributed by atoms with Gasteiger partial charge in [-0.3, -0.25) is 19.6 Å². The molecule has 0 aliphatic carbocycles. The van der Waals surface area contributed by atoms with E-state index < -0.39 is 29.1 Å². The van der Waals surface area contributed by atoms with Gasteiger partial charge in [0.25, 0.3) is 11.8 Å². The molecule has 0 radical (unpaired) electrons. The minimum Gasteiger partial charge on any atom is -0.379 e. The Kier molecular flexibility index (Phi) is 11.2. The van der Waals surface area contributed by atoms with Crippen LogP contribution in [0.3, 0.4) is 0 Å². The van der Waals surface area contributed by atoms with E-state index in [2.05, 4.69) is 57.1 Å². The number of nitrogens with one attached hydrogen (secondary N) is 3. The molecule has 1 aliphatic rings. The smallest absolute Gasteiger partial charge is 0.273 e. The van der Waals surface area contributed by atoms with E-state index in [1.165, 1.54) is 0 Å². The van der Waals surface area contributed by atoms with Gasteiger partial charge in [-0.05, 0) is 67.5 Å². The van der Waals surface area contributed by atoms with E-state index in [4.69, 9.17) is 22.9 Å². The zero-order chi connectivity index (χ0) is 35.3. The number of halogens is 2. The predicted molar refractivity (Wildman–Crippen MR) is 197 cm³/mol. The molecular weight excluding hydrogens is 760 g/mol. The van der Waals surface area contributed by atoms with Crippen molar-refractivity contribution >= 4 is 77.4 Å². The van der Waals surface area contributed by atoms with E-state index in [1.54, 1.807) is 12.4 Å². The van der Waals surface area contributed by atoms with Crippen LogP contribution in [0, 0.1) is 5.92 Å². The van der Waals surface area contributed by atoms with Crippen LogP contribution in [0.2, 0.25) is 0 Å². The number of hydrogen-bond donors (Lipinski definition) is 9. The number of aromatic amines is 2. The van der Waals surface area contributed by atoms with Crippen LogP contribution in [0.5, 0.6) is 0 Å². The fourth-order valence-electron chi connectivity index (χ4n) is 6.63. The van der Waals surface area contributed by atoms with Crippen LogP contribution in [-0.4, -0.2) is 86.3 Å². The van der Waals surface area contributed by atoms with Gasteiger partial charge in [-0.1, -0.05) is 44.0 Å². The molecule has 4 aromatic rings. The molecule has 0 saturated carbocycles.